The maximum Gasteiger partial charge on any atom is 0.269 e. The van der Waals surface area contributed by atoms with Gasteiger partial charge in [0.1, 0.15) is 0 Å². The van der Waals surface area contributed by atoms with Crippen molar-refractivity contribution in [1.82, 2.24) is 0 Å². The number of rotatable bonds is 4. The average molecular weight is 341 g/mol. The predicted octanol–water partition coefficient (Wildman–Crippen LogP) is 4.93. The minimum Gasteiger partial charge on any atom is -0.258 e. The number of hydrogen-bond acceptors (Lipinski definition) is 2. The van der Waals surface area contributed by atoms with E-state index in [2.05, 4.69) is 15.9 Å². The fourth-order valence-corrected chi connectivity index (χ4v) is 2.97. The lowest BCUT2D eigenvalue weighted by Gasteiger charge is -2.11. The molecule has 3 nitrogen and oxygen atoms in total. The van der Waals surface area contributed by atoms with Gasteiger partial charge in [-0.05, 0) is 23.6 Å². The zero-order valence-corrected chi connectivity index (χ0v) is 12.3. The molecule has 1 unspecified atom stereocenters. The summed E-state index contributed by atoms with van der Waals surface area (Å²) >= 11 is 9.74. The minimum absolute atomic E-state index is 0.0858. The summed E-state index contributed by atoms with van der Waals surface area (Å²) in [5, 5.41) is 11.3. The second kappa shape index (κ2) is 6.17. The lowest BCUT2D eigenvalue weighted by molar-refractivity contribution is -0.384. The molecule has 0 aliphatic heterocycles. The number of nitro groups is 1. The number of benzene rings is 2. The zero-order valence-electron chi connectivity index (χ0n) is 9.92. The van der Waals surface area contributed by atoms with E-state index in [0.717, 1.165) is 17.5 Å². The van der Waals surface area contributed by atoms with Crippen LogP contribution in [0.3, 0.4) is 0 Å². The monoisotopic (exact) mass is 339 g/mol. The van der Waals surface area contributed by atoms with Crippen LogP contribution in [0.1, 0.15) is 16.0 Å². The molecule has 0 aromatic heterocycles. The summed E-state index contributed by atoms with van der Waals surface area (Å²) in [6.45, 7) is 0. The maximum atomic E-state index is 10.6. The lowest BCUT2D eigenvalue weighted by atomic mass is 10.0. The number of nitrogens with zero attached hydrogens (tertiary/aromatic N) is 1. The molecule has 0 saturated heterocycles. The van der Waals surface area contributed by atoms with Crippen molar-refractivity contribution in [1.29, 1.82) is 0 Å². The third-order valence-corrected chi connectivity index (χ3v) is 3.97. The van der Waals surface area contributed by atoms with E-state index >= 15 is 0 Å². The molecule has 0 saturated carbocycles. The van der Waals surface area contributed by atoms with Gasteiger partial charge in [-0.15, -0.1) is 0 Å². The summed E-state index contributed by atoms with van der Waals surface area (Å²) in [5.74, 6) is 0. The highest BCUT2D eigenvalue weighted by Crippen LogP contribution is 2.32. The highest BCUT2D eigenvalue weighted by molar-refractivity contribution is 9.09. The van der Waals surface area contributed by atoms with Gasteiger partial charge in [0.25, 0.3) is 5.69 Å². The molecule has 1 atom stereocenters. The van der Waals surface area contributed by atoms with E-state index in [1.165, 1.54) is 12.1 Å². The standard InChI is InChI=1S/C14H11BrClNO2/c15-13(12-3-1-2-4-14(12)16)9-10-5-7-11(8-6-10)17(18)19/h1-8,13H,9H2. The largest absolute Gasteiger partial charge is 0.269 e. The van der Waals surface area contributed by atoms with Gasteiger partial charge in [0.05, 0.1) is 4.92 Å². The Bertz CT molecular complexity index is 586. The van der Waals surface area contributed by atoms with Crippen LogP contribution >= 0.6 is 27.5 Å². The van der Waals surface area contributed by atoms with Crippen LogP contribution in [0.5, 0.6) is 0 Å². The molecule has 0 radical (unpaired) electrons. The maximum absolute atomic E-state index is 10.6. The van der Waals surface area contributed by atoms with Gasteiger partial charge in [0.2, 0.25) is 0 Å². The van der Waals surface area contributed by atoms with Crippen LogP contribution in [0.15, 0.2) is 48.5 Å². The van der Waals surface area contributed by atoms with Crippen LogP contribution in [0.25, 0.3) is 0 Å². The van der Waals surface area contributed by atoms with Crippen molar-refractivity contribution in [2.45, 2.75) is 11.2 Å². The van der Waals surface area contributed by atoms with Crippen molar-refractivity contribution in [3.05, 3.63) is 74.8 Å². The fourth-order valence-electron chi connectivity index (χ4n) is 1.80. The molecular formula is C14H11BrClNO2. The zero-order chi connectivity index (χ0) is 13.8. The van der Waals surface area contributed by atoms with E-state index in [0.29, 0.717) is 5.02 Å². The summed E-state index contributed by atoms with van der Waals surface area (Å²) in [6.07, 6.45) is 0.724. The first-order valence-electron chi connectivity index (χ1n) is 5.70. The lowest BCUT2D eigenvalue weighted by Crippen LogP contribution is -1.96. The number of halogens is 2. The van der Waals surface area contributed by atoms with E-state index in [1.807, 2.05) is 24.3 Å². The molecule has 0 fully saturated rings. The van der Waals surface area contributed by atoms with Crippen LogP contribution in [-0.4, -0.2) is 4.92 Å². The van der Waals surface area contributed by atoms with Crippen molar-refractivity contribution < 1.29 is 4.92 Å². The molecule has 0 bridgehead atoms. The molecule has 0 heterocycles. The number of hydrogen-bond donors (Lipinski definition) is 0. The highest BCUT2D eigenvalue weighted by atomic mass is 79.9. The number of non-ortho nitro benzene ring substituents is 1. The van der Waals surface area contributed by atoms with Gasteiger partial charge in [-0.2, -0.15) is 0 Å². The van der Waals surface area contributed by atoms with Crippen molar-refractivity contribution in [2.75, 3.05) is 0 Å². The third-order valence-electron chi connectivity index (χ3n) is 2.80. The van der Waals surface area contributed by atoms with Crippen LogP contribution < -0.4 is 0 Å². The quantitative estimate of drug-likeness (QED) is 0.450. The van der Waals surface area contributed by atoms with Crippen molar-refractivity contribution in [3.8, 4) is 0 Å². The summed E-state index contributed by atoms with van der Waals surface area (Å²) in [6, 6.07) is 14.2. The fraction of sp³-hybridized carbons (Fsp3) is 0.143. The Morgan fingerprint density at radius 2 is 1.79 bits per heavy atom. The van der Waals surface area contributed by atoms with Gasteiger partial charge < -0.3 is 0 Å². The van der Waals surface area contributed by atoms with Crippen molar-refractivity contribution >= 4 is 33.2 Å². The van der Waals surface area contributed by atoms with Crippen molar-refractivity contribution in [3.63, 3.8) is 0 Å². The Morgan fingerprint density at radius 3 is 2.37 bits per heavy atom. The molecule has 2 aromatic rings. The van der Waals surface area contributed by atoms with Crippen LogP contribution in [0.2, 0.25) is 5.02 Å². The first kappa shape index (κ1) is 14.0. The Morgan fingerprint density at radius 1 is 1.16 bits per heavy atom. The summed E-state index contributed by atoms with van der Waals surface area (Å²) in [5.41, 5.74) is 2.14. The topological polar surface area (TPSA) is 43.1 Å². The Balaban J connectivity index is 2.13. The van der Waals surface area contributed by atoms with Gasteiger partial charge in [-0.3, -0.25) is 10.1 Å². The van der Waals surface area contributed by atoms with Crippen LogP contribution in [0, 0.1) is 10.1 Å². The van der Waals surface area contributed by atoms with Crippen molar-refractivity contribution in [2.24, 2.45) is 0 Å². The molecule has 0 amide bonds. The molecule has 2 aromatic carbocycles. The molecule has 0 spiro atoms. The Kier molecular flexibility index (Phi) is 4.56. The molecular weight excluding hydrogens is 330 g/mol. The molecule has 2 rings (SSSR count). The van der Waals surface area contributed by atoms with E-state index in [1.54, 1.807) is 12.1 Å². The second-order valence-corrected chi connectivity index (χ2v) is 5.63. The van der Waals surface area contributed by atoms with E-state index in [-0.39, 0.29) is 10.5 Å². The van der Waals surface area contributed by atoms with Crippen LogP contribution in [-0.2, 0) is 6.42 Å². The summed E-state index contributed by atoms with van der Waals surface area (Å²) < 4.78 is 0. The van der Waals surface area contributed by atoms with Crippen LogP contribution in [0.4, 0.5) is 5.69 Å². The third kappa shape index (κ3) is 3.55. The highest BCUT2D eigenvalue weighted by Gasteiger charge is 2.12. The molecule has 5 heteroatoms. The van der Waals surface area contributed by atoms with Gasteiger partial charge in [0.15, 0.2) is 0 Å². The molecule has 0 N–H and O–H groups in total. The van der Waals surface area contributed by atoms with Gasteiger partial charge in [0, 0.05) is 22.0 Å². The first-order chi connectivity index (χ1) is 9.08. The van der Waals surface area contributed by atoms with E-state index in [4.69, 9.17) is 11.6 Å². The molecule has 98 valence electrons. The molecule has 19 heavy (non-hydrogen) atoms. The number of alkyl halides is 1. The van der Waals surface area contributed by atoms with Gasteiger partial charge in [-0.25, -0.2) is 0 Å². The summed E-state index contributed by atoms with van der Waals surface area (Å²) in [7, 11) is 0. The molecule has 0 aliphatic carbocycles. The smallest absolute Gasteiger partial charge is 0.258 e. The van der Waals surface area contributed by atoms with E-state index < -0.39 is 4.92 Å². The summed E-state index contributed by atoms with van der Waals surface area (Å²) in [4.78, 5) is 10.3. The normalized spacial score (nSPS) is 12.1. The second-order valence-electron chi connectivity index (χ2n) is 4.12. The van der Waals surface area contributed by atoms with Gasteiger partial charge in [-0.1, -0.05) is 57.9 Å². The first-order valence-corrected chi connectivity index (χ1v) is 6.99. The SMILES string of the molecule is O=[N+]([O-])c1ccc(CC(Br)c2ccccc2Cl)cc1. The number of nitro benzene ring substituents is 1. The predicted molar refractivity (Wildman–Crippen MR) is 79.9 cm³/mol. The van der Waals surface area contributed by atoms with E-state index in [9.17, 15) is 10.1 Å². The molecule has 0 aliphatic rings. The minimum atomic E-state index is -0.399. The van der Waals surface area contributed by atoms with Gasteiger partial charge >= 0.3 is 0 Å². The average Bonchev–Trinajstić information content (AvgIpc) is 2.39. The Labute approximate surface area is 124 Å². The Hall–Kier alpha value is -1.39.